The molecule has 2 aromatic heterocycles. The molecule has 5 nitrogen and oxygen atoms in total. The van der Waals surface area contributed by atoms with Crippen LogP contribution in [0.3, 0.4) is 0 Å². The Hall–Kier alpha value is -6.98. The summed E-state index contributed by atoms with van der Waals surface area (Å²) in [5, 5.41) is 11.0. The van der Waals surface area contributed by atoms with Crippen LogP contribution in [0.15, 0.2) is 200 Å². The summed E-state index contributed by atoms with van der Waals surface area (Å²) in [5.74, 6) is 0.975. The number of hydrogen-bond donors (Lipinski definition) is 1. The highest BCUT2D eigenvalue weighted by Crippen LogP contribution is 2.41. The molecule has 6 aromatic carbocycles. The molecule has 1 N–H and O–H groups in total. The van der Waals surface area contributed by atoms with Gasteiger partial charge in [-0.2, -0.15) is 0 Å². The standard InChI is InChI=1S/C46H34N4O/c51-45-27-11-10-26-42(45)44-33-41(49(37-20-6-2-7-21-37)38-22-8-3-9-23-38)32-43(48-44)36-19-15-25-40(31-36)50(46-28-12-13-29-47-46)39-24-14-18-35(30-39)34-16-4-1-5-17-34/h1-33,51H. The number of benzene rings is 6. The Morgan fingerprint density at radius 1 is 0.373 bits per heavy atom. The molecule has 0 amide bonds. The summed E-state index contributed by atoms with van der Waals surface area (Å²) in [5.41, 5.74) is 10.1. The van der Waals surface area contributed by atoms with Crippen molar-refractivity contribution >= 4 is 34.3 Å². The van der Waals surface area contributed by atoms with Crippen molar-refractivity contribution in [3.63, 3.8) is 0 Å². The van der Waals surface area contributed by atoms with Crippen LogP contribution in [0.1, 0.15) is 0 Å². The first-order valence-electron chi connectivity index (χ1n) is 16.9. The lowest BCUT2D eigenvalue weighted by molar-refractivity contribution is 0.477. The highest BCUT2D eigenvalue weighted by Gasteiger charge is 2.19. The fraction of sp³-hybridized carbons (Fsp3) is 0. The number of aromatic hydroxyl groups is 1. The van der Waals surface area contributed by atoms with Crippen molar-refractivity contribution in [2.45, 2.75) is 0 Å². The molecular weight excluding hydrogens is 625 g/mol. The van der Waals surface area contributed by atoms with Gasteiger partial charge in [-0.05, 0) is 96.1 Å². The van der Waals surface area contributed by atoms with Crippen LogP contribution in [-0.2, 0) is 0 Å². The zero-order chi connectivity index (χ0) is 34.4. The molecule has 244 valence electrons. The summed E-state index contributed by atoms with van der Waals surface area (Å²) < 4.78 is 0. The van der Waals surface area contributed by atoms with Gasteiger partial charge in [-0.1, -0.05) is 109 Å². The Morgan fingerprint density at radius 3 is 1.55 bits per heavy atom. The first-order valence-corrected chi connectivity index (χ1v) is 16.9. The van der Waals surface area contributed by atoms with E-state index < -0.39 is 0 Å². The quantitative estimate of drug-likeness (QED) is 0.167. The molecule has 51 heavy (non-hydrogen) atoms. The number of para-hydroxylation sites is 3. The summed E-state index contributed by atoms with van der Waals surface area (Å²) in [6, 6.07) is 65.4. The van der Waals surface area contributed by atoms with Crippen molar-refractivity contribution in [1.82, 2.24) is 9.97 Å². The number of hydrogen-bond acceptors (Lipinski definition) is 5. The molecule has 0 aliphatic rings. The maximum Gasteiger partial charge on any atom is 0.137 e. The lowest BCUT2D eigenvalue weighted by atomic mass is 10.0. The van der Waals surface area contributed by atoms with Crippen molar-refractivity contribution in [2.24, 2.45) is 0 Å². The Kier molecular flexibility index (Phi) is 8.74. The van der Waals surface area contributed by atoms with E-state index in [1.54, 1.807) is 6.07 Å². The molecule has 0 saturated heterocycles. The van der Waals surface area contributed by atoms with E-state index in [4.69, 9.17) is 9.97 Å². The first kappa shape index (κ1) is 31.3. The number of pyridine rings is 2. The van der Waals surface area contributed by atoms with Gasteiger partial charge in [0, 0.05) is 40.1 Å². The molecule has 0 saturated carbocycles. The summed E-state index contributed by atoms with van der Waals surface area (Å²) in [6.45, 7) is 0. The first-order chi connectivity index (χ1) is 25.2. The maximum atomic E-state index is 11.0. The number of aromatic nitrogens is 2. The van der Waals surface area contributed by atoms with Gasteiger partial charge in [0.25, 0.3) is 0 Å². The van der Waals surface area contributed by atoms with Gasteiger partial charge in [-0.25, -0.2) is 9.97 Å². The van der Waals surface area contributed by atoms with Crippen LogP contribution in [-0.4, -0.2) is 15.1 Å². The van der Waals surface area contributed by atoms with E-state index in [1.807, 2.05) is 91.1 Å². The Balaban J connectivity index is 1.30. The van der Waals surface area contributed by atoms with E-state index in [-0.39, 0.29) is 5.75 Å². The molecule has 8 rings (SSSR count). The third-order valence-electron chi connectivity index (χ3n) is 8.77. The van der Waals surface area contributed by atoms with Crippen molar-refractivity contribution in [2.75, 3.05) is 9.80 Å². The molecule has 8 aromatic rings. The lowest BCUT2D eigenvalue weighted by Gasteiger charge is -2.27. The number of phenols is 1. The van der Waals surface area contributed by atoms with E-state index in [1.165, 1.54) is 0 Å². The van der Waals surface area contributed by atoms with Gasteiger partial charge in [-0.15, -0.1) is 0 Å². The molecule has 0 atom stereocenters. The average Bonchev–Trinajstić information content (AvgIpc) is 3.20. The fourth-order valence-corrected chi connectivity index (χ4v) is 6.38. The molecule has 0 radical (unpaired) electrons. The molecule has 0 unspecified atom stereocenters. The molecule has 2 heterocycles. The number of nitrogens with zero attached hydrogens (tertiary/aromatic N) is 4. The lowest BCUT2D eigenvalue weighted by Crippen LogP contribution is -2.12. The predicted octanol–water partition coefficient (Wildman–Crippen LogP) is 12.1. The number of anilines is 6. The topological polar surface area (TPSA) is 52.5 Å². The zero-order valence-corrected chi connectivity index (χ0v) is 27.8. The molecule has 5 heteroatoms. The highest BCUT2D eigenvalue weighted by molar-refractivity contribution is 5.85. The number of rotatable bonds is 9. The van der Waals surface area contributed by atoms with Crippen molar-refractivity contribution in [3.05, 3.63) is 200 Å². The highest BCUT2D eigenvalue weighted by atomic mass is 16.3. The van der Waals surface area contributed by atoms with Gasteiger partial charge in [0.2, 0.25) is 0 Å². The van der Waals surface area contributed by atoms with E-state index in [2.05, 4.69) is 113 Å². The Labute approximate surface area is 298 Å². The second-order valence-corrected chi connectivity index (χ2v) is 12.1. The van der Waals surface area contributed by atoms with Crippen LogP contribution in [0.5, 0.6) is 5.75 Å². The monoisotopic (exact) mass is 658 g/mol. The van der Waals surface area contributed by atoms with Crippen molar-refractivity contribution < 1.29 is 5.11 Å². The third kappa shape index (κ3) is 6.69. The van der Waals surface area contributed by atoms with Gasteiger partial charge in [0.1, 0.15) is 11.6 Å². The van der Waals surface area contributed by atoms with Crippen molar-refractivity contribution in [3.8, 4) is 39.4 Å². The number of phenolic OH excluding ortho intramolecular Hbond substituents is 1. The van der Waals surface area contributed by atoms with E-state index in [0.29, 0.717) is 11.3 Å². The van der Waals surface area contributed by atoms with E-state index >= 15 is 0 Å². The fourth-order valence-electron chi connectivity index (χ4n) is 6.38. The van der Waals surface area contributed by atoms with Crippen LogP contribution in [0.25, 0.3) is 33.6 Å². The van der Waals surface area contributed by atoms with Gasteiger partial charge in [-0.3, -0.25) is 4.90 Å². The largest absolute Gasteiger partial charge is 0.507 e. The minimum absolute atomic E-state index is 0.174. The summed E-state index contributed by atoms with van der Waals surface area (Å²) in [6.07, 6.45) is 1.82. The Morgan fingerprint density at radius 2 is 0.902 bits per heavy atom. The third-order valence-corrected chi connectivity index (χ3v) is 8.77. The van der Waals surface area contributed by atoms with Crippen LogP contribution < -0.4 is 9.80 Å². The van der Waals surface area contributed by atoms with Crippen LogP contribution in [0.2, 0.25) is 0 Å². The molecule has 0 bridgehead atoms. The van der Waals surface area contributed by atoms with Crippen LogP contribution in [0, 0.1) is 0 Å². The summed E-state index contributed by atoms with van der Waals surface area (Å²) in [7, 11) is 0. The predicted molar refractivity (Wildman–Crippen MR) is 209 cm³/mol. The summed E-state index contributed by atoms with van der Waals surface area (Å²) >= 11 is 0. The minimum atomic E-state index is 0.174. The van der Waals surface area contributed by atoms with E-state index in [9.17, 15) is 5.11 Å². The molecule has 0 aliphatic heterocycles. The second kappa shape index (κ2) is 14.2. The minimum Gasteiger partial charge on any atom is -0.507 e. The molecule has 0 aliphatic carbocycles. The van der Waals surface area contributed by atoms with Crippen LogP contribution >= 0.6 is 0 Å². The maximum absolute atomic E-state index is 11.0. The van der Waals surface area contributed by atoms with Gasteiger partial charge >= 0.3 is 0 Å². The molecular formula is C46H34N4O. The Bertz CT molecular complexity index is 2340. The second-order valence-electron chi connectivity index (χ2n) is 12.1. The molecule has 0 spiro atoms. The van der Waals surface area contributed by atoms with E-state index in [0.717, 1.165) is 56.6 Å². The molecule has 0 fully saturated rings. The summed E-state index contributed by atoms with van der Waals surface area (Å²) in [4.78, 5) is 14.4. The normalized spacial score (nSPS) is 10.8. The van der Waals surface area contributed by atoms with Gasteiger partial charge in [0.05, 0.1) is 17.1 Å². The SMILES string of the molecule is Oc1ccccc1-c1cc(N(c2ccccc2)c2ccccc2)cc(-c2cccc(N(c3cccc(-c4ccccc4)c3)c3ccccn3)c2)n1. The van der Waals surface area contributed by atoms with Crippen LogP contribution in [0.4, 0.5) is 34.3 Å². The van der Waals surface area contributed by atoms with Gasteiger partial charge < -0.3 is 10.0 Å². The zero-order valence-electron chi connectivity index (χ0n) is 27.8. The van der Waals surface area contributed by atoms with Crippen molar-refractivity contribution in [1.29, 1.82) is 0 Å². The van der Waals surface area contributed by atoms with Gasteiger partial charge in [0.15, 0.2) is 0 Å². The smallest absolute Gasteiger partial charge is 0.137 e. The average molecular weight is 659 g/mol.